The van der Waals surface area contributed by atoms with Crippen molar-refractivity contribution >= 4 is 17.5 Å². The molecule has 0 fully saturated rings. The van der Waals surface area contributed by atoms with Crippen LogP contribution in [0.5, 0.6) is 0 Å². The highest BCUT2D eigenvalue weighted by atomic mass is 35.5. The fraction of sp³-hybridized carbons (Fsp3) is 0.412. The molecule has 1 amide bonds. The predicted octanol–water partition coefficient (Wildman–Crippen LogP) is 2.15. The lowest BCUT2D eigenvalue weighted by molar-refractivity contribution is -0.148. The number of fused-ring (bicyclic) bond motifs is 1. The van der Waals surface area contributed by atoms with Gasteiger partial charge in [-0.2, -0.15) is 13.2 Å². The third-order valence-electron chi connectivity index (χ3n) is 4.92. The normalized spacial score (nSPS) is 15.1. The lowest BCUT2D eigenvalue weighted by atomic mass is 9.95. The summed E-state index contributed by atoms with van der Waals surface area (Å²) < 4.78 is 41.5. The van der Waals surface area contributed by atoms with Crippen LogP contribution in [-0.2, 0) is 30.6 Å². The summed E-state index contributed by atoms with van der Waals surface area (Å²) in [6, 6.07) is 7.12. The lowest BCUT2D eigenvalue weighted by Gasteiger charge is -2.29. The van der Waals surface area contributed by atoms with Crippen LogP contribution < -0.4 is 0 Å². The van der Waals surface area contributed by atoms with Crippen LogP contribution in [0.4, 0.5) is 13.2 Å². The summed E-state index contributed by atoms with van der Waals surface area (Å²) in [6.45, 7) is 0.468. The van der Waals surface area contributed by atoms with E-state index in [9.17, 15) is 18.0 Å². The van der Waals surface area contributed by atoms with Gasteiger partial charge >= 0.3 is 6.18 Å². The van der Waals surface area contributed by atoms with Crippen molar-refractivity contribution in [1.29, 1.82) is 0 Å². The van der Waals surface area contributed by atoms with Gasteiger partial charge in [-0.1, -0.05) is 23.7 Å². The van der Waals surface area contributed by atoms with Gasteiger partial charge in [0.1, 0.15) is 6.33 Å². The Morgan fingerprint density at radius 2 is 1.93 bits per heavy atom. The molecule has 30 heavy (non-hydrogen) atoms. The summed E-state index contributed by atoms with van der Waals surface area (Å²) in [6.07, 6.45) is -3.00. The standard InChI is InChI=1S/C17H16ClF3N8O/c18-13-3-1-11(2-4-13)12(8-28-10-22-25-26-28)7-15(30)27-5-6-29-14(9-27)23-24-16(29)17(19,20)21/h1-4,10,12H,5-9H2/t12-/m1/s1. The Morgan fingerprint density at radius 1 is 1.17 bits per heavy atom. The van der Waals surface area contributed by atoms with Crippen molar-refractivity contribution in [2.24, 2.45) is 0 Å². The number of aromatic nitrogens is 7. The van der Waals surface area contributed by atoms with E-state index in [1.54, 1.807) is 12.1 Å². The van der Waals surface area contributed by atoms with Crippen molar-refractivity contribution in [1.82, 2.24) is 39.9 Å². The molecule has 0 aliphatic carbocycles. The number of tetrazole rings is 1. The van der Waals surface area contributed by atoms with E-state index in [1.165, 1.54) is 15.9 Å². The number of benzene rings is 1. The average Bonchev–Trinajstić information content (AvgIpc) is 3.36. The average molecular weight is 441 g/mol. The van der Waals surface area contributed by atoms with Crippen LogP contribution >= 0.6 is 11.6 Å². The smallest absolute Gasteiger partial charge is 0.333 e. The molecule has 0 spiro atoms. The van der Waals surface area contributed by atoms with E-state index in [4.69, 9.17) is 11.6 Å². The maximum atomic E-state index is 13.0. The van der Waals surface area contributed by atoms with Crippen molar-refractivity contribution in [3.8, 4) is 0 Å². The lowest BCUT2D eigenvalue weighted by Crippen LogP contribution is -2.40. The zero-order valence-corrected chi connectivity index (χ0v) is 16.3. The second-order valence-corrected chi connectivity index (χ2v) is 7.33. The minimum Gasteiger partial charge on any atom is -0.333 e. The number of amides is 1. The van der Waals surface area contributed by atoms with Crippen LogP contribution in [0.1, 0.15) is 29.6 Å². The van der Waals surface area contributed by atoms with Gasteiger partial charge in [-0.05, 0) is 28.1 Å². The molecule has 2 aromatic heterocycles. The number of nitrogens with zero attached hydrogens (tertiary/aromatic N) is 8. The Labute approximate surface area is 173 Å². The summed E-state index contributed by atoms with van der Waals surface area (Å²) in [5, 5.41) is 18.5. The largest absolute Gasteiger partial charge is 0.451 e. The van der Waals surface area contributed by atoms with Gasteiger partial charge < -0.3 is 9.47 Å². The molecule has 1 aliphatic rings. The molecule has 0 saturated carbocycles. The molecule has 0 radical (unpaired) electrons. The zero-order valence-electron chi connectivity index (χ0n) is 15.5. The monoisotopic (exact) mass is 440 g/mol. The maximum Gasteiger partial charge on any atom is 0.451 e. The highest BCUT2D eigenvalue weighted by molar-refractivity contribution is 6.30. The predicted molar refractivity (Wildman–Crippen MR) is 97.1 cm³/mol. The molecular formula is C17H16ClF3N8O. The second-order valence-electron chi connectivity index (χ2n) is 6.89. The van der Waals surface area contributed by atoms with E-state index in [2.05, 4.69) is 25.7 Å². The first kappa shape index (κ1) is 20.3. The van der Waals surface area contributed by atoms with E-state index in [-0.39, 0.29) is 43.7 Å². The molecule has 0 unspecified atom stereocenters. The minimum absolute atomic E-state index is 0.0124. The SMILES string of the molecule is O=C(C[C@H](Cn1cnnn1)c1ccc(Cl)cc1)N1CCn2c(nnc2C(F)(F)F)C1. The molecule has 4 rings (SSSR count). The van der Waals surface area contributed by atoms with E-state index in [0.29, 0.717) is 11.6 Å². The summed E-state index contributed by atoms with van der Waals surface area (Å²) in [4.78, 5) is 14.4. The molecule has 1 aromatic carbocycles. The molecule has 3 heterocycles. The van der Waals surface area contributed by atoms with E-state index in [0.717, 1.165) is 10.1 Å². The fourth-order valence-corrected chi connectivity index (χ4v) is 3.56. The third-order valence-corrected chi connectivity index (χ3v) is 5.17. The molecule has 1 aliphatic heterocycles. The first-order valence-corrected chi connectivity index (χ1v) is 9.42. The van der Waals surface area contributed by atoms with E-state index >= 15 is 0 Å². The van der Waals surface area contributed by atoms with Crippen molar-refractivity contribution in [2.45, 2.75) is 38.1 Å². The Morgan fingerprint density at radius 3 is 2.60 bits per heavy atom. The molecular weight excluding hydrogens is 425 g/mol. The molecule has 1 atom stereocenters. The number of rotatable bonds is 5. The van der Waals surface area contributed by atoms with Gasteiger partial charge in [0.25, 0.3) is 0 Å². The van der Waals surface area contributed by atoms with Crippen molar-refractivity contribution in [3.05, 3.63) is 52.8 Å². The Balaban J connectivity index is 1.50. The van der Waals surface area contributed by atoms with Gasteiger partial charge in [-0.25, -0.2) is 4.68 Å². The number of hydrogen-bond donors (Lipinski definition) is 0. The number of halogens is 4. The van der Waals surface area contributed by atoms with Gasteiger partial charge in [-0.3, -0.25) is 4.79 Å². The van der Waals surface area contributed by atoms with Crippen LogP contribution in [-0.4, -0.2) is 52.3 Å². The first-order valence-electron chi connectivity index (χ1n) is 9.04. The van der Waals surface area contributed by atoms with E-state index in [1.807, 2.05) is 12.1 Å². The van der Waals surface area contributed by atoms with Crippen LogP contribution in [0.25, 0.3) is 0 Å². The number of carbonyl (C=O) groups is 1. The van der Waals surface area contributed by atoms with Crippen LogP contribution in [0.3, 0.4) is 0 Å². The molecule has 3 aromatic rings. The fourth-order valence-electron chi connectivity index (χ4n) is 3.43. The third kappa shape index (κ3) is 4.27. The molecule has 0 bridgehead atoms. The summed E-state index contributed by atoms with van der Waals surface area (Å²) in [7, 11) is 0. The van der Waals surface area contributed by atoms with E-state index < -0.39 is 12.0 Å². The quantitative estimate of drug-likeness (QED) is 0.603. The Bertz CT molecular complexity index is 1020. The molecule has 0 N–H and O–H groups in total. The summed E-state index contributed by atoms with van der Waals surface area (Å²) in [5.74, 6) is -1.37. The zero-order chi connectivity index (χ0) is 21.3. The minimum atomic E-state index is -4.58. The molecule has 9 nitrogen and oxygen atoms in total. The Hall–Kier alpha value is -3.02. The topological polar surface area (TPSA) is 94.6 Å². The molecule has 0 saturated heterocycles. The van der Waals surface area contributed by atoms with Crippen LogP contribution in [0.2, 0.25) is 5.02 Å². The summed E-state index contributed by atoms with van der Waals surface area (Å²) in [5.41, 5.74) is 0.878. The van der Waals surface area contributed by atoms with Gasteiger partial charge in [-0.15, -0.1) is 15.3 Å². The van der Waals surface area contributed by atoms with Gasteiger partial charge in [0.05, 0.1) is 13.1 Å². The van der Waals surface area contributed by atoms with Gasteiger partial charge in [0, 0.05) is 30.5 Å². The first-order chi connectivity index (χ1) is 14.3. The van der Waals surface area contributed by atoms with Crippen molar-refractivity contribution in [3.63, 3.8) is 0 Å². The number of hydrogen-bond acceptors (Lipinski definition) is 6. The molecule has 158 valence electrons. The Kier molecular flexibility index (Phi) is 5.41. The highest BCUT2D eigenvalue weighted by Gasteiger charge is 2.40. The molecule has 13 heteroatoms. The maximum absolute atomic E-state index is 13.0. The van der Waals surface area contributed by atoms with Crippen molar-refractivity contribution in [2.75, 3.05) is 6.54 Å². The van der Waals surface area contributed by atoms with Gasteiger partial charge in [0.2, 0.25) is 11.7 Å². The van der Waals surface area contributed by atoms with Crippen LogP contribution in [0, 0.1) is 0 Å². The van der Waals surface area contributed by atoms with Crippen LogP contribution in [0.15, 0.2) is 30.6 Å². The number of alkyl halides is 3. The van der Waals surface area contributed by atoms with Crippen molar-refractivity contribution < 1.29 is 18.0 Å². The summed E-state index contributed by atoms with van der Waals surface area (Å²) >= 11 is 5.96. The number of carbonyl (C=O) groups excluding carboxylic acids is 1. The highest BCUT2D eigenvalue weighted by Crippen LogP contribution is 2.30. The second kappa shape index (κ2) is 8.01. The van der Waals surface area contributed by atoms with Gasteiger partial charge in [0.15, 0.2) is 5.82 Å².